The Morgan fingerprint density at radius 2 is 1.53 bits per heavy atom. The Hall–Kier alpha value is -3.28. The van der Waals surface area contributed by atoms with Gasteiger partial charge in [0.15, 0.2) is 23.0 Å². The standard InChI is InChI=1S/C24H27NO5/c1-26-20-11-16-8-6-10-30-24(18(16)13-22(20)28-3)15-25-9-5-7-17-12-21(27-2)23(29-4)14-19(17)25/h6,8,10-14H,5,7,9,15H2,1-4H3. The van der Waals surface area contributed by atoms with E-state index in [9.17, 15) is 0 Å². The third kappa shape index (κ3) is 3.65. The average Bonchev–Trinajstić information content (AvgIpc) is 2.98. The molecule has 0 radical (unpaired) electrons. The first kappa shape index (κ1) is 20.0. The molecule has 6 nitrogen and oxygen atoms in total. The molecule has 0 spiro atoms. The van der Waals surface area contributed by atoms with Gasteiger partial charge in [0.1, 0.15) is 5.76 Å². The molecule has 0 aliphatic carbocycles. The number of methoxy groups -OCH3 is 4. The fourth-order valence-corrected chi connectivity index (χ4v) is 4.05. The Morgan fingerprint density at radius 1 is 0.867 bits per heavy atom. The Balaban J connectivity index is 1.79. The van der Waals surface area contributed by atoms with Crippen LogP contribution in [0.2, 0.25) is 0 Å². The van der Waals surface area contributed by atoms with E-state index < -0.39 is 0 Å². The van der Waals surface area contributed by atoms with E-state index in [2.05, 4.69) is 17.0 Å². The Morgan fingerprint density at radius 3 is 2.27 bits per heavy atom. The summed E-state index contributed by atoms with van der Waals surface area (Å²) in [4.78, 5) is 2.33. The maximum Gasteiger partial charge on any atom is 0.162 e. The second-order valence-corrected chi connectivity index (χ2v) is 7.19. The van der Waals surface area contributed by atoms with Gasteiger partial charge in [-0.3, -0.25) is 0 Å². The van der Waals surface area contributed by atoms with Crippen LogP contribution in [0, 0.1) is 0 Å². The van der Waals surface area contributed by atoms with Crippen molar-refractivity contribution >= 4 is 17.5 Å². The van der Waals surface area contributed by atoms with Crippen LogP contribution in [0.1, 0.15) is 12.0 Å². The van der Waals surface area contributed by atoms with Crippen LogP contribution in [-0.2, 0) is 11.2 Å². The first-order chi connectivity index (χ1) is 14.7. The molecule has 6 heteroatoms. The van der Waals surface area contributed by atoms with Gasteiger partial charge in [-0.05, 0) is 47.9 Å². The van der Waals surface area contributed by atoms with Crippen molar-refractivity contribution in [3.63, 3.8) is 0 Å². The molecule has 0 bridgehead atoms. The summed E-state index contributed by atoms with van der Waals surface area (Å²) in [6, 6.07) is 8.09. The highest BCUT2D eigenvalue weighted by Crippen LogP contribution is 2.38. The topological polar surface area (TPSA) is 49.4 Å². The summed E-state index contributed by atoms with van der Waals surface area (Å²) in [6.07, 6.45) is 7.71. The number of rotatable bonds is 6. The lowest BCUT2D eigenvalue weighted by molar-refractivity contribution is 0.353. The molecule has 2 aromatic rings. The van der Waals surface area contributed by atoms with E-state index in [-0.39, 0.29) is 0 Å². The zero-order valence-electron chi connectivity index (χ0n) is 17.9. The number of anilines is 1. The summed E-state index contributed by atoms with van der Waals surface area (Å²) >= 11 is 0. The van der Waals surface area contributed by atoms with Crippen LogP contribution >= 0.6 is 0 Å². The number of hydrogen-bond donors (Lipinski definition) is 0. The SMILES string of the molecule is COc1cc2c(cc1OC)N(CC1=c3cc(OC)c(OC)cc3=CC=CO1)CCC2. The minimum atomic E-state index is 0.628. The summed E-state index contributed by atoms with van der Waals surface area (Å²) < 4.78 is 28.0. The quantitative estimate of drug-likeness (QED) is 0.731. The molecule has 0 N–H and O–H groups in total. The van der Waals surface area contributed by atoms with Gasteiger partial charge in [0.25, 0.3) is 0 Å². The number of ether oxygens (including phenoxy) is 5. The highest BCUT2D eigenvalue weighted by atomic mass is 16.5. The van der Waals surface area contributed by atoms with Gasteiger partial charge in [0, 0.05) is 23.5 Å². The highest BCUT2D eigenvalue weighted by Gasteiger charge is 2.22. The largest absolute Gasteiger partial charge is 0.493 e. The second-order valence-electron chi connectivity index (χ2n) is 7.19. The summed E-state index contributed by atoms with van der Waals surface area (Å²) in [5.41, 5.74) is 2.40. The lowest BCUT2D eigenvalue weighted by Crippen LogP contribution is -2.36. The molecule has 0 fully saturated rings. The normalized spacial score (nSPS) is 14.7. The first-order valence-electron chi connectivity index (χ1n) is 9.97. The average molecular weight is 409 g/mol. The van der Waals surface area contributed by atoms with Gasteiger partial charge < -0.3 is 28.6 Å². The van der Waals surface area contributed by atoms with Gasteiger partial charge in [-0.2, -0.15) is 0 Å². The van der Waals surface area contributed by atoms with Crippen LogP contribution < -0.4 is 34.3 Å². The molecule has 30 heavy (non-hydrogen) atoms. The van der Waals surface area contributed by atoms with Crippen molar-refractivity contribution < 1.29 is 23.7 Å². The van der Waals surface area contributed by atoms with Crippen LogP contribution in [-0.4, -0.2) is 41.5 Å². The van der Waals surface area contributed by atoms with Crippen molar-refractivity contribution in [2.24, 2.45) is 0 Å². The van der Waals surface area contributed by atoms with E-state index in [1.54, 1.807) is 34.7 Å². The predicted molar refractivity (Wildman–Crippen MR) is 117 cm³/mol. The van der Waals surface area contributed by atoms with Gasteiger partial charge in [0.05, 0.1) is 41.2 Å². The van der Waals surface area contributed by atoms with Crippen LogP contribution in [0.5, 0.6) is 23.0 Å². The summed E-state index contributed by atoms with van der Waals surface area (Å²) in [5.74, 6) is 3.73. The van der Waals surface area contributed by atoms with E-state index in [0.29, 0.717) is 18.0 Å². The van der Waals surface area contributed by atoms with Crippen LogP contribution in [0.15, 0.2) is 36.6 Å². The lowest BCUT2D eigenvalue weighted by Gasteiger charge is -2.32. The van der Waals surface area contributed by atoms with Crippen molar-refractivity contribution in [1.82, 2.24) is 0 Å². The number of benzene rings is 2. The predicted octanol–water partition coefficient (Wildman–Crippen LogP) is 2.61. The maximum absolute atomic E-state index is 6.03. The summed E-state index contributed by atoms with van der Waals surface area (Å²) in [7, 11) is 6.62. The van der Waals surface area contributed by atoms with Crippen molar-refractivity contribution in [3.05, 3.63) is 52.6 Å². The minimum Gasteiger partial charge on any atom is -0.493 e. The molecule has 158 valence electrons. The van der Waals surface area contributed by atoms with Gasteiger partial charge >= 0.3 is 0 Å². The van der Waals surface area contributed by atoms with Crippen LogP contribution in [0.4, 0.5) is 5.69 Å². The van der Waals surface area contributed by atoms with Gasteiger partial charge in [-0.25, -0.2) is 0 Å². The smallest absolute Gasteiger partial charge is 0.162 e. The zero-order valence-corrected chi connectivity index (χ0v) is 17.9. The molecular formula is C24H27NO5. The highest BCUT2D eigenvalue weighted by molar-refractivity contribution is 5.66. The minimum absolute atomic E-state index is 0.628. The fourth-order valence-electron chi connectivity index (χ4n) is 4.05. The van der Waals surface area contributed by atoms with E-state index in [1.165, 1.54) is 5.56 Å². The summed E-state index contributed by atoms with van der Waals surface area (Å²) in [6.45, 7) is 1.56. The van der Waals surface area contributed by atoms with E-state index >= 15 is 0 Å². The van der Waals surface area contributed by atoms with Crippen molar-refractivity contribution in [1.29, 1.82) is 0 Å². The second kappa shape index (κ2) is 8.61. The van der Waals surface area contributed by atoms with Crippen molar-refractivity contribution in [3.8, 4) is 23.0 Å². The number of nitrogens with zero attached hydrogens (tertiary/aromatic N) is 1. The maximum atomic E-state index is 6.03. The third-order valence-corrected chi connectivity index (χ3v) is 5.55. The third-order valence-electron chi connectivity index (χ3n) is 5.55. The number of fused-ring (bicyclic) bond motifs is 2. The number of aryl methyl sites for hydroxylation is 1. The monoisotopic (exact) mass is 409 g/mol. The molecule has 0 amide bonds. The van der Waals surface area contributed by atoms with E-state index in [4.69, 9.17) is 23.7 Å². The first-order valence-corrected chi connectivity index (χ1v) is 9.97. The lowest BCUT2D eigenvalue weighted by atomic mass is 10.0. The van der Waals surface area contributed by atoms with Crippen molar-refractivity contribution in [2.45, 2.75) is 12.8 Å². The molecule has 2 aliphatic rings. The zero-order chi connectivity index (χ0) is 21.1. The molecule has 4 rings (SSSR count). The Bertz CT molecular complexity index is 1090. The molecule has 0 unspecified atom stereocenters. The molecule has 2 heterocycles. The fraction of sp³-hybridized carbons (Fsp3) is 0.333. The molecule has 2 aromatic carbocycles. The Labute approximate surface area is 176 Å². The molecule has 0 atom stereocenters. The van der Waals surface area contributed by atoms with Gasteiger partial charge in [0.2, 0.25) is 0 Å². The molecule has 0 saturated carbocycles. The Kier molecular flexibility index (Phi) is 5.74. The van der Waals surface area contributed by atoms with Gasteiger partial charge in [-0.1, -0.05) is 6.08 Å². The van der Waals surface area contributed by atoms with Crippen LogP contribution in [0.25, 0.3) is 11.8 Å². The number of allylic oxidation sites excluding steroid dienone is 1. The van der Waals surface area contributed by atoms with Gasteiger partial charge in [-0.15, -0.1) is 0 Å². The summed E-state index contributed by atoms with van der Waals surface area (Å²) in [5, 5.41) is 2.02. The molecule has 0 aromatic heterocycles. The number of hydrogen-bond acceptors (Lipinski definition) is 6. The van der Waals surface area contributed by atoms with E-state index in [0.717, 1.165) is 52.8 Å². The molecule has 2 aliphatic heterocycles. The van der Waals surface area contributed by atoms with E-state index in [1.807, 2.05) is 24.3 Å². The molecular weight excluding hydrogens is 382 g/mol. The van der Waals surface area contributed by atoms with Crippen molar-refractivity contribution in [2.75, 3.05) is 46.4 Å². The molecule has 0 saturated heterocycles. The van der Waals surface area contributed by atoms with Crippen LogP contribution in [0.3, 0.4) is 0 Å².